The predicted octanol–water partition coefficient (Wildman–Crippen LogP) is 0.420. The molecule has 0 unspecified atom stereocenters. The Bertz CT molecular complexity index is 573. The summed E-state index contributed by atoms with van der Waals surface area (Å²) in [4.78, 5) is 3.78. The van der Waals surface area contributed by atoms with E-state index in [0.717, 1.165) is 0 Å². The fourth-order valence-electron chi connectivity index (χ4n) is 1.29. The normalized spacial score (nSPS) is 8.78. The van der Waals surface area contributed by atoms with Crippen molar-refractivity contribution in [3.8, 4) is 11.5 Å². The van der Waals surface area contributed by atoms with Gasteiger partial charge in [-0.3, -0.25) is 10.7 Å². The molecule has 1 aromatic heterocycles. The monoisotopic (exact) mass is 381 g/mol. The van der Waals surface area contributed by atoms with E-state index in [1.807, 2.05) is 18.2 Å². The molecule has 0 fully saturated rings. The number of aromatic nitrogens is 1. The molecule has 0 saturated heterocycles. The van der Waals surface area contributed by atoms with Crippen molar-refractivity contribution in [2.24, 2.45) is 10.8 Å². The van der Waals surface area contributed by atoms with E-state index < -0.39 is 0 Å². The van der Waals surface area contributed by atoms with E-state index in [-0.39, 0.29) is 32.8 Å². The van der Waals surface area contributed by atoms with Crippen LogP contribution in [0.3, 0.4) is 0 Å². The van der Waals surface area contributed by atoms with E-state index in [1.54, 1.807) is 30.6 Å². The zero-order valence-corrected chi connectivity index (χ0v) is 14.2. The maximum Gasteiger partial charge on any atom is 0.305 e. The topological polar surface area (TPSA) is 129 Å². The molecule has 1 aromatic carbocycles. The molecule has 0 radical (unpaired) electrons. The van der Waals surface area contributed by atoms with Gasteiger partial charge < -0.3 is 25.8 Å². The minimum Gasteiger partial charge on any atom is -0.590 e. The number of nitrogens with zero attached hydrogens (tertiary/aromatic N) is 3. The summed E-state index contributed by atoms with van der Waals surface area (Å²) in [7, 11) is 1.51. The molecule has 2 aromatic rings. The zero-order chi connectivity index (χ0) is 15.5. The number of pyridine rings is 1. The summed E-state index contributed by atoms with van der Waals surface area (Å²) in [5.41, 5.74) is 9.30. The van der Waals surface area contributed by atoms with Crippen molar-refractivity contribution in [2.45, 2.75) is 0 Å². The Morgan fingerprint density at radius 1 is 1.30 bits per heavy atom. The minimum atomic E-state index is 0. The van der Waals surface area contributed by atoms with Crippen LogP contribution in [-0.4, -0.2) is 34.0 Å². The molecule has 9 heteroatoms. The van der Waals surface area contributed by atoms with Crippen LogP contribution in [0.1, 0.15) is 5.56 Å². The summed E-state index contributed by atoms with van der Waals surface area (Å²) >= 11 is 3.75. The van der Waals surface area contributed by atoms with Crippen molar-refractivity contribution in [1.29, 1.82) is 0 Å². The Morgan fingerprint density at radius 2 is 1.96 bits per heavy atom. The van der Waals surface area contributed by atoms with Gasteiger partial charge in [0, 0.05) is 35.1 Å². The summed E-state index contributed by atoms with van der Waals surface area (Å²) in [6.45, 7) is 0. The summed E-state index contributed by atoms with van der Waals surface area (Å²) in [5.74, 6) is 0.749. The molecule has 23 heavy (non-hydrogen) atoms. The first-order chi connectivity index (χ1) is 10.1. The third-order valence-corrected chi connectivity index (χ3v) is 2.29. The van der Waals surface area contributed by atoms with Crippen LogP contribution in [0, 0.1) is 0 Å². The van der Waals surface area contributed by atoms with Gasteiger partial charge in [-0.1, -0.05) is 12.1 Å². The van der Waals surface area contributed by atoms with Crippen LogP contribution in [0.2, 0.25) is 0 Å². The van der Waals surface area contributed by atoms with Gasteiger partial charge in [0.2, 0.25) is 5.75 Å². The van der Waals surface area contributed by atoms with Gasteiger partial charge >= 0.3 is 5.75 Å². The second-order valence-electron chi connectivity index (χ2n) is 3.65. The van der Waals surface area contributed by atoms with E-state index in [9.17, 15) is 0 Å². The minimum absolute atomic E-state index is 0. The van der Waals surface area contributed by atoms with E-state index in [1.165, 1.54) is 13.3 Å². The first-order valence-corrected chi connectivity index (χ1v) is 6.39. The Kier molecular flexibility index (Phi) is 13.7. The van der Waals surface area contributed by atoms with Gasteiger partial charge in [-0.15, -0.1) is 0 Å². The molecular formula is C14H19N4NiO3S+. The molecule has 6 N–H and O–H groups in total. The Balaban J connectivity index is 0. The fraction of sp³-hybridized carbons (Fsp3) is 0.0714. The number of benzene rings is 1. The number of hydrogen-bond donors (Lipinski definition) is 1. The van der Waals surface area contributed by atoms with Gasteiger partial charge in [0.1, 0.15) is 0 Å². The van der Waals surface area contributed by atoms with E-state index in [2.05, 4.69) is 27.7 Å². The Labute approximate surface area is 149 Å². The van der Waals surface area contributed by atoms with Crippen molar-refractivity contribution in [2.75, 3.05) is 7.11 Å². The van der Waals surface area contributed by atoms with Gasteiger partial charge in [-0.2, -0.15) is 0 Å². The number of nitrogens with two attached hydrogens (primary N) is 1. The van der Waals surface area contributed by atoms with E-state index >= 15 is 0 Å². The molecule has 0 aliphatic heterocycles. The quantitative estimate of drug-likeness (QED) is 0.206. The molecule has 0 aliphatic carbocycles. The number of para-hydroxylation sites is 1. The summed E-state index contributed by atoms with van der Waals surface area (Å²) in [5, 5.41) is 11.5. The van der Waals surface area contributed by atoms with Gasteiger partial charge in [0.25, 0.3) is 0 Å². The zero-order valence-electron chi connectivity index (χ0n) is 12.3. The predicted molar refractivity (Wildman–Crippen MR) is 92.8 cm³/mol. The third-order valence-electron chi connectivity index (χ3n) is 2.20. The van der Waals surface area contributed by atoms with Crippen LogP contribution >= 0.6 is 0 Å². The number of hydrogen-bond acceptors (Lipinski definition) is 3. The van der Waals surface area contributed by atoms with Crippen LogP contribution in [0.25, 0.3) is 5.43 Å². The molecule has 0 atom stereocenters. The van der Waals surface area contributed by atoms with Gasteiger partial charge in [0.15, 0.2) is 17.3 Å². The molecule has 0 amide bonds. The Morgan fingerprint density at radius 3 is 2.39 bits per heavy atom. The average Bonchev–Trinajstić information content (AvgIpc) is 2.51. The fourth-order valence-corrected chi connectivity index (χ4v) is 1.34. The standard InChI is InChI=1S/C9H11N3O2S.C5H5N.Ni.H2O/c1-14-7-4-2-3-6(8(7)13)5-11-12-9(10)15;1-2-4-6-5-3-1;;/h2-5H,1H3,(H4,10,11,12,13,15);1-5H;;1H2/p+1. The van der Waals surface area contributed by atoms with Crippen molar-refractivity contribution in [1.82, 2.24) is 4.98 Å². The van der Waals surface area contributed by atoms with E-state index in [0.29, 0.717) is 11.3 Å². The number of rotatable bonds is 3. The summed E-state index contributed by atoms with van der Waals surface area (Å²) in [6, 6.07) is 10.9. The molecule has 0 spiro atoms. The van der Waals surface area contributed by atoms with Crippen LogP contribution < -0.4 is 10.5 Å². The van der Waals surface area contributed by atoms with Crippen LogP contribution in [0.4, 0.5) is 0 Å². The third kappa shape index (κ3) is 9.54. The number of methoxy groups -OCH3 is 1. The maximum absolute atomic E-state index is 7.72. The molecule has 1 heterocycles. The summed E-state index contributed by atoms with van der Waals surface area (Å²) < 4.78 is 4.99. The van der Waals surface area contributed by atoms with Crippen LogP contribution in [0.5, 0.6) is 11.5 Å². The Hall–Kier alpha value is -2.06. The second kappa shape index (κ2) is 13.6. The van der Waals surface area contributed by atoms with Crippen molar-refractivity contribution in [3.05, 3.63) is 59.8 Å². The second-order valence-corrected chi connectivity index (χ2v) is 4.11. The molecule has 128 valence electrons. The largest absolute Gasteiger partial charge is 0.590 e. The van der Waals surface area contributed by atoms with Gasteiger partial charge in [-0.25, -0.2) is 0 Å². The first-order valence-electron chi connectivity index (χ1n) is 5.94. The smallest absolute Gasteiger partial charge is 0.305 e. The molecule has 7 nitrogen and oxygen atoms in total. The molecule has 0 saturated carbocycles. The van der Waals surface area contributed by atoms with E-state index in [4.69, 9.17) is 15.6 Å². The maximum atomic E-state index is 7.72. The van der Waals surface area contributed by atoms with Crippen LogP contribution in [-0.2, 0) is 28.7 Å². The first kappa shape index (κ1) is 23.2. The van der Waals surface area contributed by atoms with Crippen molar-refractivity contribution < 1.29 is 31.8 Å². The number of thiol groups is 1. The average molecular weight is 382 g/mol. The van der Waals surface area contributed by atoms with Gasteiger partial charge in [0.05, 0.1) is 12.7 Å². The van der Waals surface area contributed by atoms with Crippen molar-refractivity contribution >= 4 is 23.5 Å². The SMILES string of the molecule is COc1cccc(/C=N/[N-]C(N)=[SH+])c1[OH2+].O.[Ni].c1ccncc1. The summed E-state index contributed by atoms with van der Waals surface area (Å²) in [6.07, 6.45) is 4.92. The van der Waals surface area contributed by atoms with Gasteiger partial charge in [-0.05, 0) is 24.3 Å². The molecular weight excluding hydrogens is 363 g/mol. The van der Waals surface area contributed by atoms with Crippen LogP contribution in [0.15, 0.2) is 53.9 Å². The van der Waals surface area contributed by atoms with Crippen molar-refractivity contribution in [3.63, 3.8) is 0 Å². The molecule has 0 bridgehead atoms. The molecule has 2 rings (SSSR count). The molecule has 0 aliphatic rings. The number of ether oxygens (including phenoxy) is 1.